The van der Waals surface area contributed by atoms with Crippen molar-refractivity contribution in [2.45, 2.75) is 6.43 Å². The maximum Gasteiger partial charge on any atom is 0.264 e. The summed E-state index contributed by atoms with van der Waals surface area (Å²) in [5.41, 5.74) is 4.35. The average molecular weight is 377 g/mol. The fourth-order valence-corrected chi connectivity index (χ4v) is 2.51. The summed E-state index contributed by atoms with van der Waals surface area (Å²) in [6, 6.07) is 1.09. The number of carbonyl (C=O) groups is 1. The van der Waals surface area contributed by atoms with Gasteiger partial charge in [0.05, 0.1) is 5.56 Å². The Kier molecular flexibility index (Phi) is 3.76. The molecule has 0 bridgehead atoms. The van der Waals surface area contributed by atoms with Crippen LogP contribution in [0.5, 0.6) is 0 Å². The van der Waals surface area contributed by atoms with Crippen LogP contribution in [0.4, 0.5) is 8.78 Å². The molecule has 3 nitrogen and oxygen atoms in total. The van der Waals surface area contributed by atoms with Gasteiger partial charge in [-0.25, -0.2) is 13.8 Å². The van der Waals surface area contributed by atoms with E-state index in [9.17, 15) is 13.6 Å². The highest BCUT2D eigenvalue weighted by atomic mass is 127. The molecule has 1 aromatic heterocycles. The molecular weight excluding hydrogens is 373 g/mol. The number of nitrogens with zero attached hydrogens (tertiary/aromatic N) is 1. The van der Waals surface area contributed by atoms with Crippen molar-refractivity contribution in [2.75, 3.05) is 0 Å². The van der Waals surface area contributed by atoms with Crippen LogP contribution in [0, 0.1) is 3.70 Å². The quantitative estimate of drug-likeness (QED) is 0.636. The third-order valence-corrected chi connectivity index (χ3v) is 2.64. The standard InChI is InChI=1S/C7H4BrF2IN2O/c8-3-1-2(5(9)10)4(7(12)14)6(11)13-3/h1,5H,(H2,12,14). The Morgan fingerprint density at radius 2 is 2.21 bits per heavy atom. The van der Waals surface area contributed by atoms with Crippen LogP contribution in [0.3, 0.4) is 0 Å². The van der Waals surface area contributed by atoms with E-state index in [0.29, 0.717) is 0 Å². The molecule has 0 fully saturated rings. The minimum absolute atomic E-state index is 0.166. The largest absolute Gasteiger partial charge is 0.366 e. The first-order valence-corrected chi connectivity index (χ1v) is 5.24. The molecule has 0 aliphatic heterocycles. The summed E-state index contributed by atoms with van der Waals surface area (Å²) in [5, 5.41) is 0. The molecule has 0 aliphatic rings. The molecule has 0 saturated carbocycles. The van der Waals surface area contributed by atoms with E-state index < -0.39 is 17.9 Å². The third kappa shape index (κ3) is 2.38. The van der Waals surface area contributed by atoms with E-state index in [0.717, 1.165) is 6.07 Å². The van der Waals surface area contributed by atoms with Crippen LogP contribution in [-0.4, -0.2) is 10.9 Å². The Morgan fingerprint density at radius 1 is 1.64 bits per heavy atom. The van der Waals surface area contributed by atoms with E-state index in [1.54, 1.807) is 22.6 Å². The number of amides is 1. The summed E-state index contributed by atoms with van der Waals surface area (Å²) in [7, 11) is 0. The van der Waals surface area contributed by atoms with Crippen LogP contribution in [0.15, 0.2) is 10.7 Å². The van der Waals surface area contributed by atoms with Gasteiger partial charge in [0.2, 0.25) is 0 Å². The molecule has 0 atom stereocenters. The number of hydrogen-bond acceptors (Lipinski definition) is 2. The van der Waals surface area contributed by atoms with Gasteiger partial charge < -0.3 is 5.73 Å². The van der Waals surface area contributed by atoms with Gasteiger partial charge in [-0.1, -0.05) is 0 Å². The van der Waals surface area contributed by atoms with Gasteiger partial charge in [0.1, 0.15) is 8.30 Å². The summed E-state index contributed by atoms with van der Waals surface area (Å²) < 4.78 is 25.4. The number of rotatable bonds is 2. The van der Waals surface area contributed by atoms with Crippen molar-refractivity contribution in [3.8, 4) is 0 Å². The van der Waals surface area contributed by atoms with Gasteiger partial charge in [-0.05, 0) is 44.6 Å². The fourth-order valence-electron chi connectivity index (χ4n) is 0.918. The Bertz CT molecular complexity index is 386. The van der Waals surface area contributed by atoms with E-state index in [1.165, 1.54) is 0 Å². The molecule has 76 valence electrons. The number of aromatic nitrogens is 1. The SMILES string of the molecule is NC(=O)c1c(C(F)F)cc(Br)nc1I. The Morgan fingerprint density at radius 3 is 2.64 bits per heavy atom. The van der Waals surface area contributed by atoms with Crippen molar-refractivity contribution < 1.29 is 13.6 Å². The minimum Gasteiger partial charge on any atom is -0.366 e. The van der Waals surface area contributed by atoms with Crippen molar-refractivity contribution >= 4 is 44.4 Å². The number of carbonyl (C=O) groups excluding carboxylic acids is 1. The van der Waals surface area contributed by atoms with Crippen LogP contribution in [-0.2, 0) is 0 Å². The first-order valence-electron chi connectivity index (χ1n) is 3.37. The van der Waals surface area contributed by atoms with Crippen LogP contribution >= 0.6 is 38.5 Å². The molecular formula is C7H4BrF2IN2O. The van der Waals surface area contributed by atoms with E-state index in [4.69, 9.17) is 5.73 Å². The molecule has 0 unspecified atom stereocenters. The first kappa shape index (κ1) is 11.8. The highest BCUT2D eigenvalue weighted by Gasteiger charge is 2.21. The molecule has 1 aromatic rings. The van der Waals surface area contributed by atoms with Crippen LogP contribution in [0.2, 0.25) is 0 Å². The molecule has 2 N–H and O–H groups in total. The third-order valence-electron chi connectivity index (χ3n) is 1.46. The van der Waals surface area contributed by atoms with E-state index in [1.807, 2.05) is 0 Å². The van der Waals surface area contributed by atoms with E-state index in [2.05, 4.69) is 20.9 Å². The molecule has 1 heterocycles. The number of primary amides is 1. The van der Waals surface area contributed by atoms with Crippen molar-refractivity contribution in [3.63, 3.8) is 0 Å². The zero-order valence-electron chi connectivity index (χ0n) is 6.60. The van der Waals surface area contributed by atoms with Crippen molar-refractivity contribution in [1.82, 2.24) is 4.98 Å². The van der Waals surface area contributed by atoms with Gasteiger partial charge in [0, 0.05) is 5.56 Å². The smallest absolute Gasteiger partial charge is 0.264 e. The molecule has 7 heteroatoms. The number of halogens is 4. The average Bonchev–Trinajstić information content (AvgIpc) is 2.01. The zero-order valence-corrected chi connectivity index (χ0v) is 10.3. The zero-order chi connectivity index (χ0) is 10.9. The highest BCUT2D eigenvalue weighted by molar-refractivity contribution is 14.1. The second-order valence-electron chi connectivity index (χ2n) is 2.36. The van der Waals surface area contributed by atoms with Gasteiger partial charge in [-0.2, -0.15) is 0 Å². The highest BCUT2D eigenvalue weighted by Crippen LogP contribution is 2.27. The summed E-state index contributed by atoms with van der Waals surface area (Å²) in [6.07, 6.45) is -2.75. The fraction of sp³-hybridized carbons (Fsp3) is 0.143. The second-order valence-corrected chi connectivity index (χ2v) is 4.20. The molecule has 0 radical (unpaired) electrons. The van der Waals surface area contributed by atoms with Gasteiger partial charge in [0.15, 0.2) is 0 Å². The van der Waals surface area contributed by atoms with Gasteiger partial charge in [-0.3, -0.25) is 4.79 Å². The first-order chi connectivity index (χ1) is 6.43. The Hall–Kier alpha value is -0.310. The molecule has 0 saturated heterocycles. The normalized spacial score (nSPS) is 10.6. The van der Waals surface area contributed by atoms with Crippen LogP contribution in [0.1, 0.15) is 22.3 Å². The van der Waals surface area contributed by atoms with Crippen LogP contribution < -0.4 is 5.73 Å². The maximum absolute atomic E-state index is 12.5. The van der Waals surface area contributed by atoms with E-state index in [-0.39, 0.29) is 13.9 Å². The molecule has 1 amide bonds. The van der Waals surface area contributed by atoms with Gasteiger partial charge in [0.25, 0.3) is 12.3 Å². The number of hydrogen-bond donors (Lipinski definition) is 1. The maximum atomic E-state index is 12.5. The molecule has 1 rings (SSSR count). The molecule has 0 aliphatic carbocycles. The number of pyridine rings is 1. The summed E-state index contributed by atoms with van der Waals surface area (Å²) >= 11 is 4.65. The summed E-state index contributed by atoms with van der Waals surface area (Å²) in [4.78, 5) is 14.7. The summed E-state index contributed by atoms with van der Waals surface area (Å²) in [6.45, 7) is 0. The monoisotopic (exact) mass is 376 g/mol. The van der Waals surface area contributed by atoms with Crippen molar-refractivity contribution in [2.24, 2.45) is 5.73 Å². The molecule has 14 heavy (non-hydrogen) atoms. The minimum atomic E-state index is -2.75. The Balaban J connectivity index is 3.44. The lowest BCUT2D eigenvalue weighted by Crippen LogP contribution is -2.17. The number of nitrogens with two attached hydrogens (primary N) is 1. The van der Waals surface area contributed by atoms with Crippen LogP contribution in [0.25, 0.3) is 0 Å². The predicted octanol–water partition coefficient (Wildman–Crippen LogP) is 2.49. The van der Waals surface area contributed by atoms with Gasteiger partial charge >= 0.3 is 0 Å². The van der Waals surface area contributed by atoms with Crippen molar-refractivity contribution in [3.05, 3.63) is 25.5 Å². The lowest BCUT2D eigenvalue weighted by atomic mass is 10.1. The molecule has 0 aromatic carbocycles. The lowest BCUT2D eigenvalue weighted by molar-refractivity contribution is 0.0984. The van der Waals surface area contributed by atoms with Gasteiger partial charge in [-0.15, -0.1) is 0 Å². The predicted molar refractivity (Wildman–Crippen MR) is 58.1 cm³/mol. The Labute approximate surface area is 100 Å². The van der Waals surface area contributed by atoms with Crippen molar-refractivity contribution in [1.29, 1.82) is 0 Å². The second kappa shape index (κ2) is 4.47. The topological polar surface area (TPSA) is 56.0 Å². The lowest BCUT2D eigenvalue weighted by Gasteiger charge is -2.07. The molecule has 0 spiro atoms. The summed E-state index contributed by atoms with van der Waals surface area (Å²) in [5.74, 6) is -0.898. The van der Waals surface area contributed by atoms with E-state index >= 15 is 0 Å². The number of alkyl halides is 2.